The Bertz CT molecular complexity index is 469. The number of rotatable bonds is 3. The Labute approximate surface area is 91.4 Å². The summed E-state index contributed by atoms with van der Waals surface area (Å²) < 4.78 is 31.2. The molecule has 0 atom stereocenters. The molecule has 16 heavy (non-hydrogen) atoms. The standard InChI is InChI=1S/C11H12F2N2O/c1-6(2)16-5-11-14-9-3-7(12)8(13)4-10(9)15-11/h3-4,6H,5H2,1-2H3,(H,14,15). The molecule has 0 aliphatic rings. The average molecular weight is 226 g/mol. The number of aromatic nitrogens is 2. The van der Waals surface area contributed by atoms with Crippen LogP contribution in [0.5, 0.6) is 0 Å². The number of hydrogen-bond acceptors (Lipinski definition) is 2. The molecule has 1 heterocycles. The lowest BCUT2D eigenvalue weighted by atomic mass is 10.3. The molecule has 0 aliphatic heterocycles. The first kappa shape index (κ1) is 11.0. The van der Waals surface area contributed by atoms with Gasteiger partial charge in [-0.1, -0.05) is 0 Å². The van der Waals surface area contributed by atoms with Gasteiger partial charge in [-0.15, -0.1) is 0 Å². The zero-order valence-corrected chi connectivity index (χ0v) is 9.05. The van der Waals surface area contributed by atoms with E-state index in [-0.39, 0.29) is 6.10 Å². The Kier molecular flexibility index (Phi) is 2.87. The van der Waals surface area contributed by atoms with Crippen LogP contribution in [-0.2, 0) is 11.3 Å². The van der Waals surface area contributed by atoms with Gasteiger partial charge in [0.25, 0.3) is 0 Å². The predicted octanol–water partition coefficient (Wildman–Crippen LogP) is 2.77. The molecule has 0 amide bonds. The number of benzene rings is 1. The molecule has 0 aliphatic carbocycles. The maximum Gasteiger partial charge on any atom is 0.161 e. The van der Waals surface area contributed by atoms with Crippen molar-refractivity contribution in [2.45, 2.75) is 26.6 Å². The summed E-state index contributed by atoms with van der Waals surface area (Å²) in [5.74, 6) is -1.21. The summed E-state index contributed by atoms with van der Waals surface area (Å²) in [5, 5.41) is 0. The minimum atomic E-state index is -0.893. The van der Waals surface area contributed by atoms with Crippen LogP contribution in [0.2, 0.25) is 0 Å². The molecule has 1 N–H and O–H groups in total. The van der Waals surface area contributed by atoms with Gasteiger partial charge in [-0.05, 0) is 13.8 Å². The van der Waals surface area contributed by atoms with E-state index in [0.717, 1.165) is 12.1 Å². The van der Waals surface area contributed by atoms with E-state index in [1.165, 1.54) is 0 Å². The van der Waals surface area contributed by atoms with Crippen LogP contribution < -0.4 is 0 Å². The molecule has 1 aromatic heterocycles. The summed E-state index contributed by atoms with van der Waals surface area (Å²) in [6.45, 7) is 4.11. The third kappa shape index (κ3) is 2.19. The third-order valence-electron chi connectivity index (χ3n) is 2.13. The molecular weight excluding hydrogens is 214 g/mol. The highest BCUT2D eigenvalue weighted by Gasteiger charge is 2.08. The fourth-order valence-electron chi connectivity index (χ4n) is 1.37. The van der Waals surface area contributed by atoms with Crippen LogP contribution in [0.3, 0.4) is 0 Å². The van der Waals surface area contributed by atoms with Crippen LogP contribution in [0.1, 0.15) is 19.7 Å². The molecule has 2 aromatic rings. The summed E-state index contributed by atoms with van der Waals surface area (Å²) in [4.78, 5) is 6.98. The summed E-state index contributed by atoms with van der Waals surface area (Å²) in [6, 6.07) is 2.16. The number of imidazole rings is 1. The van der Waals surface area contributed by atoms with Gasteiger partial charge < -0.3 is 9.72 Å². The van der Waals surface area contributed by atoms with E-state index in [2.05, 4.69) is 9.97 Å². The number of nitrogens with zero attached hydrogens (tertiary/aromatic N) is 1. The van der Waals surface area contributed by atoms with Gasteiger partial charge in [-0.2, -0.15) is 0 Å². The number of H-pyrrole nitrogens is 1. The summed E-state index contributed by atoms with van der Waals surface area (Å²) in [6.07, 6.45) is 0.0849. The van der Waals surface area contributed by atoms with Crippen LogP contribution in [-0.4, -0.2) is 16.1 Å². The lowest BCUT2D eigenvalue weighted by Gasteiger charge is -2.03. The molecular formula is C11H12F2N2O. The highest BCUT2D eigenvalue weighted by molar-refractivity contribution is 5.75. The lowest BCUT2D eigenvalue weighted by Crippen LogP contribution is -2.03. The first-order valence-corrected chi connectivity index (χ1v) is 5.01. The highest BCUT2D eigenvalue weighted by atomic mass is 19.2. The molecule has 2 rings (SSSR count). The van der Waals surface area contributed by atoms with Gasteiger partial charge in [0.1, 0.15) is 12.4 Å². The minimum absolute atomic E-state index is 0.0849. The number of aromatic amines is 1. The van der Waals surface area contributed by atoms with Crippen molar-refractivity contribution < 1.29 is 13.5 Å². The van der Waals surface area contributed by atoms with E-state index in [1.807, 2.05) is 13.8 Å². The molecule has 0 saturated carbocycles. The zero-order valence-electron chi connectivity index (χ0n) is 9.05. The highest BCUT2D eigenvalue weighted by Crippen LogP contribution is 2.16. The largest absolute Gasteiger partial charge is 0.371 e. The Morgan fingerprint density at radius 3 is 2.69 bits per heavy atom. The third-order valence-corrected chi connectivity index (χ3v) is 2.13. The van der Waals surface area contributed by atoms with Gasteiger partial charge in [-0.3, -0.25) is 0 Å². The molecule has 3 nitrogen and oxygen atoms in total. The van der Waals surface area contributed by atoms with Gasteiger partial charge in [0.2, 0.25) is 0 Å². The van der Waals surface area contributed by atoms with E-state index < -0.39 is 11.6 Å². The summed E-state index contributed by atoms with van der Waals surface area (Å²) >= 11 is 0. The normalized spacial score (nSPS) is 11.6. The number of halogens is 2. The monoisotopic (exact) mass is 226 g/mol. The van der Waals surface area contributed by atoms with E-state index in [1.54, 1.807) is 0 Å². The van der Waals surface area contributed by atoms with E-state index in [0.29, 0.717) is 23.5 Å². The molecule has 0 spiro atoms. The lowest BCUT2D eigenvalue weighted by molar-refractivity contribution is 0.0618. The molecule has 1 aromatic carbocycles. The van der Waals surface area contributed by atoms with Crippen molar-refractivity contribution in [3.05, 3.63) is 29.6 Å². The van der Waals surface area contributed by atoms with Gasteiger partial charge in [-0.25, -0.2) is 13.8 Å². The number of hydrogen-bond donors (Lipinski definition) is 1. The fourth-order valence-corrected chi connectivity index (χ4v) is 1.37. The zero-order chi connectivity index (χ0) is 11.7. The van der Waals surface area contributed by atoms with Crippen LogP contribution in [0, 0.1) is 11.6 Å². The molecule has 0 bridgehead atoms. The SMILES string of the molecule is CC(C)OCc1nc2cc(F)c(F)cc2[nH]1. The van der Waals surface area contributed by atoms with Crippen molar-refractivity contribution in [1.29, 1.82) is 0 Å². The minimum Gasteiger partial charge on any atom is -0.371 e. The predicted molar refractivity (Wildman–Crippen MR) is 55.9 cm³/mol. The van der Waals surface area contributed by atoms with Gasteiger partial charge in [0, 0.05) is 12.1 Å². The van der Waals surface area contributed by atoms with E-state index >= 15 is 0 Å². The average Bonchev–Trinajstić information content (AvgIpc) is 2.58. The molecule has 0 fully saturated rings. The second kappa shape index (κ2) is 4.17. The Hall–Kier alpha value is -1.49. The quantitative estimate of drug-likeness (QED) is 0.873. The Morgan fingerprint density at radius 1 is 1.31 bits per heavy atom. The van der Waals surface area contributed by atoms with Crippen LogP contribution in [0.25, 0.3) is 11.0 Å². The first-order chi connectivity index (χ1) is 7.56. The van der Waals surface area contributed by atoms with Gasteiger partial charge in [0.05, 0.1) is 17.1 Å². The van der Waals surface area contributed by atoms with Crippen molar-refractivity contribution in [1.82, 2.24) is 9.97 Å². The maximum atomic E-state index is 12.9. The van der Waals surface area contributed by atoms with E-state index in [4.69, 9.17) is 4.74 Å². The molecule has 86 valence electrons. The van der Waals surface area contributed by atoms with Crippen molar-refractivity contribution in [2.75, 3.05) is 0 Å². The van der Waals surface area contributed by atoms with E-state index in [9.17, 15) is 8.78 Å². The summed E-state index contributed by atoms with van der Waals surface area (Å²) in [7, 11) is 0. The molecule has 5 heteroatoms. The van der Waals surface area contributed by atoms with Crippen molar-refractivity contribution >= 4 is 11.0 Å². The fraction of sp³-hybridized carbons (Fsp3) is 0.364. The Balaban J connectivity index is 2.29. The topological polar surface area (TPSA) is 37.9 Å². The van der Waals surface area contributed by atoms with Gasteiger partial charge in [0.15, 0.2) is 11.6 Å². The van der Waals surface area contributed by atoms with Gasteiger partial charge >= 0.3 is 0 Å². The second-order valence-corrected chi connectivity index (χ2v) is 3.83. The maximum absolute atomic E-state index is 12.9. The van der Waals surface area contributed by atoms with Crippen LogP contribution in [0.4, 0.5) is 8.78 Å². The number of ether oxygens (including phenoxy) is 1. The van der Waals surface area contributed by atoms with Crippen molar-refractivity contribution in [3.63, 3.8) is 0 Å². The Morgan fingerprint density at radius 2 is 2.00 bits per heavy atom. The summed E-state index contributed by atoms with van der Waals surface area (Å²) in [5.41, 5.74) is 0.877. The van der Waals surface area contributed by atoms with Crippen molar-refractivity contribution in [3.8, 4) is 0 Å². The van der Waals surface area contributed by atoms with Crippen LogP contribution in [0.15, 0.2) is 12.1 Å². The number of fused-ring (bicyclic) bond motifs is 1. The second-order valence-electron chi connectivity index (χ2n) is 3.83. The van der Waals surface area contributed by atoms with Crippen molar-refractivity contribution in [2.24, 2.45) is 0 Å². The molecule has 0 radical (unpaired) electrons. The molecule has 0 unspecified atom stereocenters. The smallest absolute Gasteiger partial charge is 0.161 e. The number of nitrogens with one attached hydrogen (secondary N) is 1. The molecule has 0 saturated heterocycles. The van der Waals surface area contributed by atoms with Crippen LogP contribution >= 0.6 is 0 Å². The first-order valence-electron chi connectivity index (χ1n) is 5.01.